The van der Waals surface area contributed by atoms with E-state index >= 15 is 0 Å². The maximum atomic E-state index is 10.1. The Morgan fingerprint density at radius 1 is 1.67 bits per heavy atom. The Morgan fingerprint density at radius 2 is 2.42 bits per heavy atom. The maximum Gasteiger partial charge on any atom is 0.108 e. The molecule has 2 rings (SSSR count). The van der Waals surface area contributed by atoms with Gasteiger partial charge in [-0.1, -0.05) is 0 Å². The van der Waals surface area contributed by atoms with Crippen LogP contribution in [0.1, 0.15) is 18.4 Å². The zero-order valence-electron chi connectivity index (χ0n) is 6.86. The van der Waals surface area contributed by atoms with Crippen LogP contribution >= 0.6 is 0 Å². The highest BCUT2D eigenvalue weighted by atomic mass is 16.3. The van der Waals surface area contributed by atoms with Gasteiger partial charge in [0.1, 0.15) is 5.60 Å². The molecule has 66 valence electrons. The fourth-order valence-corrected chi connectivity index (χ4v) is 1.59. The Labute approximate surface area is 71.2 Å². The van der Waals surface area contributed by atoms with Crippen LogP contribution in [-0.2, 0) is 5.60 Å². The van der Waals surface area contributed by atoms with Gasteiger partial charge >= 0.3 is 0 Å². The summed E-state index contributed by atoms with van der Waals surface area (Å²) in [7, 11) is 0. The van der Waals surface area contributed by atoms with Crippen LogP contribution < -0.4 is 5.73 Å². The summed E-state index contributed by atoms with van der Waals surface area (Å²) in [4.78, 5) is 0. The number of rotatable bonds is 3. The quantitative estimate of drug-likeness (QED) is 0.701. The van der Waals surface area contributed by atoms with Crippen LogP contribution in [0.4, 0.5) is 0 Å². The van der Waals surface area contributed by atoms with E-state index < -0.39 is 5.60 Å². The Morgan fingerprint density at radius 3 is 2.83 bits per heavy atom. The summed E-state index contributed by atoms with van der Waals surface area (Å²) in [6.07, 6.45) is 5.28. The first-order valence-corrected chi connectivity index (χ1v) is 4.22. The summed E-state index contributed by atoms with van der Waals surface area (Å²) in [5, 5.41) is 10.1. The molecule has 1 aromatic rings. The Bertz CT molecular complexity index is 254. The lowest BCUT2D eigenvalue weighted by atomic mass is 9.91. The molecule has 1 aliphatic carbocycles. The molecular weight excluding hydrogens is 154 g/mol. The van der Waals surface area contributed by atoms with Crippen LogP contribution in [0.15, 0.2) is 23.0 Å². The summed E-state index contributed by atoms with van der Waals surface area (Å²) in [6.45, 7) is 0.275. The highest BCUT2D eigenvalue weighted by Gasteiger charge is 2.44. The number of hydrogen-bond acceptors (Lipinski definition) is 3. The molecule has 3 heteroatoms. The van der Waals surface area contributed by atoms with Crippen LogP contribution in [0.5, 0.6) is 0 Å². The number of hydrogen-bond donors (Lipinski definition) is 2. The zero-order valence-corrected chi connectivity index (χ0v) is 6.86. The first-order valence-electron chi connectivity index (χ1n) is 4.22. The standard InChI is InChI=1S/C9H13NO2/c10-6-9(11,7-1-2-7)8-3-4-12-5-8/h3-5,7,11H,1-2,6,10H2. The second kappa shape index (κ2) is 2.61. The molecule has 0 bridgehead atoms. The number of aliphatic hydroxyl groups is 1. The first kappa shape index (κ1) is 7.83. The van der Waals surface area contributed by atoms with Crippen molar-refractivity contribution in [3.05, 3.63) is 24.2 Å². The minimum absolute atomic E-state index is 0.275. The van der Waals surface area contributed by atoms with E-state index in [-0.39, 0.29) is 6.54 Å². The molecule has 3 N–H and O–H groups in total. The molecule has 1 atom stereocenters. The zero-order chi connectivity index (χ0) is 8.60. The average molecular weight is 167 g/mol. The summed E-state index contributed by atoms with van der Waals surface area (Å²) in [6, 6.07) is 1.78. The molecule has 1 heterocycles. The van der Waals surface area contributed by atoms with E-state index in [2.05, 4.69) is 0 Å². The third-order valence-electron chi connectivity index (χ3n) is 2.58. The van der Waals surface area contributed by atoms with Crippen molar-refractivity contribution in [1.82, 2.24) is 0 Å². The van der Waals surface area contributed by atoms with Crippen molar-refractivity contribution in [3.8, 4) is 0 Å². The second-order valence-corrected chi connectivity index (χ2v) is 3.41. The molecule has 0 saturated heterocycles. The number of nitrogens with two attached hydrogens (primary N) is 1. The third kappa shape index (κ3) is 1.06. The van der Waals surface area contributed by atoms with E-state index in [4.69, 9.17) is 10.2 Å². The lowest BCUT2D eigenvalue weighted by Crippen LogP contribution is -2.36. The molecule has 1 fully saturated rings. The SMILES string of the molecule is NCC(O)(c1ccoc1)C1CC1. The summed E-state index contributed by atoms with van der Waals surface area (Å²) < 4.78 is 4.92. The van der Waals surface area contributed by atoms with Gasteiger partial charge in [0.15, 0.2) is 0 Å². The van der Waals surface area contributed by atoms with Gasteiger partial charge in [-0.2, -0.15) is 0 Å². The van der Waals surface area contributed by atoms with E-state index in [1.807, 2.05) is 0 Å². The lowest BCUT2D eigenvalue weighted by Gasteiger charge is -2.24. The molecule has 1 aliphatic rings. The molecule has 0 radical (unpaired) electrons. The molecule has 0 aromatic carbocycles. The van der Waals surface area contributed by atoms with Gasteiger partial charge in [-0.05, 0) is 24.8 Å². The van der Waals surface area contributed by atoms with Crippen LogP contribution in [0.2, 0.25) is 0 Å². The number of furan rings is 1. The van der Waals surface area contributed by atoms with Crippen molar-refractivity contribution in [1.29, 1.82) is 0 Å². The van der Waals surface area contributed by atoms with Crippen LogP contribution in [0.25, 0.3) is 0 Å². The van der Waals surface area contributed by atoms with Crippen molar-refractivity contribution in [3.63, 3.8) is 0 Å². The first-order chi connectivity index (χ1) is 5.77. The summed E-state index contributed by atoms with van der Waals surface area (Å²) in [5.41, 5.74) is 5.52. The topological polar surface area (TPSA) is 59.4 Å². The molecule has 0 aliphatic heterocycles. The van der Waals surface area contributed by atoms with Gasteiger partial charge in [0.05, 0.1) is 12.5 Å². The van der Waals surface area contributed by atoms with Gasteiger partial charge in [-0.25, -0.2) is 0 Å². The molecule has 1 unspecified atom stereocenters. The largest absolute Gasteiger partial charge is 0.472 e. The molecule has 12 heavy (non-hydrogen) atoms. The summed E-state index contributed by atoms with van der Waals surface area (Å²) in [5.74, 6) is 0.333. The van der Waals surface area contributed by atoms with E-state index in [1.54, 1.807) is 18.6 Å². The van der Waals surface area contributed by atoms with Crippen LogP contribution in [0.3, 0.4) is 0 Å². The molecular formula is C9H13NO2. The fraction of sp³-hybridized carbons (Fsp3) is 0.556. The average Bonchev–Trinajstić information content (AvgIpc) is 2.80. The van der Waals surface area contributed by atoms with Gasteiger partial charge in [0, 0.05) is 12.1 Å². The summed E-state index contributed by atoms with van der Waals surface area (Å²) >= 11 is 0. The molecule has 3 nitrogen and oxygen atoms in total. The highest BCUT2D eigenvalue weighted by Crippen LogP contribution is 2.45. The fourth-order valence-electron chi connectivity index (χ4n) is 1.59. The van der Waals surface area contributed by atoms with Crippen molar-refractivity contribution in [2.45, 2.75) is 18.4 Å². The Hall–Kier alpha value is -0.800. The second-order valence-electron chi connectivity index (χ2n) is 3.41. The Kier molecular flexibility index (Phi) is 1.70. The lowest BCUT2D eigenvalue weighted by molar-refractivity contribution is 0.0217. The monoisotopic (exact) mass is 167 g/mol. The predicted molar refractivity (Wildman–Crippen MR) is 44.4 cm³/mol. The van der Waals surface area contributed by atoms with Gasteiger partial charge in [0.25, 0.3) is 0 Å². The van der Waals surface area contributed by atoms with Crippen molar-refractivity contribution >= 4 is 0 Å². The van der Waals surface area contributed by atoms with Crippen LogP contribution in [-0.4, -0.2) is 11.7 Å². The van der Waals surface area contributed by atoms with E-state index in [0.29, 0.717) is 5.92 Å². The molecule has 0 amide bonds. The predicted octanol–water partition coefficient (Wildman–Crippen LogP) is 0.836. The Balaban J connectivity index is 2.27. The van der Waals surface area contributed by atoms with Crippen molar-refractivity contribution in [2.75, 3.05) is 6.54 Å². The highest BCUT2D eigenvalue weighted by molar-refractivity contribution is 5.20. The smallest absolute Gasteiger partial charge is 0.108 e. The van der Waals surface area contributed by atoms with E-state index in [9.17, 15) is 5.11 Å². The van der Waals surface area contributed by atoms with Gasteiger partial charge in [-0.15, -0.1) is 0 Å². The van der Waals surface area contributed by atoms with Crippen molar-refractivity contribution < 1.29 is 9.52 Å². The molecule has 1 saturated carbocycles. The third-order valence-corrected chi connectivity index (χ3v) is 2.58. The minimum atomic E-state index is -0.840. The molecule has 0 spiro atoms. The van der Waals surface area contributed by atoms with Crippen molar-refractivity contribution in [2.24, 2.45) is 11.7 Å². The molecule has 1 aromatic heterocycles. The normalized spacial score (nSPS) is 22.2. The van der Waals surface area contributed by atoms with E-state index in [0.717, 1.165) is 18.4 Å². The minimum Gasteiger partial charge on any atom is -0.472 e. The van der Waals surface area contributed by atoms with Gasteiger partial charge in [0.2, 0.25) is 0 Å². The van der Waals surface area contributed by atoms with Gasteiger partial charge < -0.3 is 15.3 Å². The van der Waals surface area contributed by atoms with Gasteiger partial charge in [-0.3, -0.25) is 0 Å². The maximum absolute atomic E-state index is 10.1. The van der Waals surface area contributed by atoms with Crippen LogP contribution in [0, 0.1) is 5.92 Å². The van der Waals surface area contributed by atoms with E-state index in [1.165, 1.54) is 0 Å².